The van der Waals surface area contributed by atoms with Gasteiger partial charge in [-0.3, -0.25) is 9.59 Å². The summed E-state index contributed by atoms with van der Waals surface area (Å²) in [5.41, 5.74) is 2.02. The van der Waals surface area contributed by atoms with Crippen LogP contribution in [0, 0.1) is 12.7 Å². The van der Waals surface area contributed by atoms with E-state index >= 15 is 0 Å². The Kier molecular flexibility index (Phi) is 7.88. The fourth-order valence-corrected chi connectivity index (χ4v) is 3.76. The molecule has 2 aromatic carbocycles. The summed E-state index contributed by atoms with van der Waals surface area (Å²) in [4.78, 5) is 37.0. The lowest BCUT2D eigenvalue weighted by Gasteiger charge is -2.27. The molecule has 0 bridgehead atoms. The van der Waals surface area contributed by atoms with E-state index in [0.29, 0.717) is 25.2 Å². The van der Waals surface area contributed by atoms with Gasteiger partial charge in [0.2, 0.25) is 5.91 Å². The van der Waals surface area contributed by atoms with Gasteiger partial charge < -0.3 is 10.1 Å². The van der Waals surface area contributed by atoms with Gasteiger partial charge in [0.15, 0.2) is 0 Å². The van der Waals surface area contributed by atoms with Crippen LogP contribution in [0.2, 0.25) is 0 Å². The van der Waals surface area contributed by atoms with Crippen molar-refractivity contribution < 1.29 is 23.5 Å². The van der Waals surface area contributed by atoms with Crippen molar-refractivity contribution in [1.82, 2.24) is 10.0 Å². The van der Waals surface area contributed by atoms with Crippen molar-refractivity contribution >= 4 is 35.4 Å². The van der Waals surface area contributed by atoms with Crippen molar-refractivity contribution in [2.24, 2.45) is 0 Å². The molecule has 0 radical (unpaired) electrons. The van der Waals surface area contributed by atoms with Gasteiger partial charge in [0, 0.05) is 18.8 Å². The lowest BCUT2D eigenvalue weighted by atomic mass is 10.2. The van der Waals surface area contributed by atoms with Gasteiger partial charge in [-0.15, -0.1) is 11.8 Å². The normalized spacial score (nSPS) is 13.2. The molecule has 0 aromatic heterocycles. The molecule has 0 saturated carbocycles. The molecule has 0 aliphatic carbocycles. The first-order valence-electron chi connectivity index (χ1n) is 9.86. The number of anilines is 1. The Hall–Kier alpha value is -3.07. The summed E-state index contributed by atoms with van der Waals surface area (Å²) in [6, 6.07) is 13.5. The van der Waals surface area contributed by atoms with Crippen LogP contribution in [0.1, 0.15) is 17.5 Å². The highest BCUT2D eigenvalue weighted by Gasteiger charge is 2.31. The zero-order chi connectivity index (χ0) is 22.2. The quantitative estimate of drug-likeness (QED) is 0.705. The van der Waals surface area contributed by atoms with E-state index in [1.165, 1.54) is 22.2 Å². The molecule has 0 spiro atoms. The van der Waals surface area contributed by atoms with E-state index in [4.69, 9.17) is 4.74 Å². The second kappa shape index (κ2) is 10.8. The van der Waals surface area contributed by atoms with E-state index < -0.39 is 11.9 Å². The number of nitrogens with zero attached hydrogens (tertiary/aromatic N) is 2. The lowest BCUT2D eigenvalue weighted by molar-refractivity contribution is -0.138. The van der Waals surface area contributed by atoms with E-state index in [1.54, 1.807) is 13.0 Å². The van der Waals surface area contributed by atoms with Gasteiger partial charge in [-0.05, 0) is 36.6 Å². The van der Waals surface area contributed by atoms with Crippen LogP contribution in [-0.2, 0) is 20.9 Å². The Morgan fingerprint density at radius 3 is 2.58 bits per heavy atom. The van der Waals surface area contributed by atoms with E-state index in [9.17, 15) is 18.8 Å². The number of halogens is 1. The standard InChI is InChI=1S/C22H24FN3O4S/c1-16-8-9-18(23)12-19(16)24-20(27)14-31-15-21(28)25-10-5-11-26(25)22(29)30-13-17-6-3-2-4-7-17/h2-4,6-9,12H,5,10-11,13-15H2,1H3,(H,24,27). The highest BCUT2D eigenvalue weighted by Crippen LogP contribution is 2.18. The largest absolute Gasteiger partial charge is 0.443 e. The number of hydrogen-bond donors (Lipinski definition) is 1. The van der Waals surface area contributed by atoms with Crippen molar-refractivity contribution in [3.63, 3.8) is 0 Å². The second-order valence-electron chi connectivity index (χ2n) is 7.03. The molecule has 1 aliphatic rings. The first kappa shape index (κ1) is 22.6. The number of carbonyl (C=O) groups is 3. The minimum Gasteiger partial charge on any atom is -0.443 e. The predicted molar refractivity (Wildman–Crippen MR) is 117 cm³/mol. The van der Waals surface area contributed by atoms with Crippen molar-refractivity contribution in [3.8, 4) is 0 Å². The topological polar surface area (TPSA) is 79.0 Å². The zero-order valence-corrected chi connectivity index (χ0v) is 18.0. The van der Waals surface area contributed by atoms with Crippen molar-refractivity contribution in [2.75, 3.05) is 29.9 Å². The van der Waals surface area contributed by atoms with Crippen LogP contribution in [0.5, 0.6) is 0 Å². The third-order valence-corrected chi connectivity index (χ3v) is 5.58. The lowest BCUT2D eigenvalue weighted by Crippen LogP contribution is -2.45. The number of aryl methyl sites for hydroxylation is 1. The molecule has 2 aromatic rings. The smallest absolute Gasteiger partial charge is 0.429 e. The van der Waals surface area contributed by atoms with Crippen LogP contribution in [-0.4, -0.2) is 52.5 Å². The Morgan fingerprint density at radius 2 is 1.81 bits per heavy atom. The first-order valence-corrected chi connectivity index (χ1v) is 11.0. The molecule has 3 rings (SSSR count). The molecule has 0 atom stereocenters. The van der Waals surface area contributed by atoms with Crippen molar-refractivity contribution in [3.05, 3.63) is 65.5 Å². The number of amides is 3. The summed E-state index contributed by atoms with van der Waals surface area (Å²) in [6.45, 7) is 2.73. The van der Waals surface area contributed by atoms with E-state index in [1.807, 2.05) is 30.3 Å². The van der Waals surface area contributed by atoms with Crippen LogP contribution >= 0.6 is 11.8 Å². The van der Waals surface area contributed by atoms with E-state index in [-0.39, 0.29) is 29.9 Å². The number of rotatable bonds is 7. The Bertz CT molecular complexity index is 942. The molecule has 9 heteroatoms. The fourth-order valence-electron chi connectivity index (χ4n) is 3.08. The zero-order valence-electron chi connectivity index (χ0n) is 17.2. The fraction of sp³-hybridized carbons (Fsp3) is 0.318. The third-order valence-electron chi connectivity index (χ3n) is 4.67. The van der Waals surface area contributed by atoms with Crippen molar-refractivity contribution in [2.45, 2.75) is 20.0 Å². The van der Waals surface area contributed by atoms with Gasteiger partial charge in [0.1, 0.15) is 12.4 Å². The summed E-state index contributed by atoms with van der Waals surface area (Å²) in [5.74, 6) is -0.954. The number of carbonyl (C=O) groups excluding carboxylic acids is 3. The molecule has 31 heavy (non-hydrogen) atoms. The molecule has 0 unspecified atom stereocenters. The number of thioether (sulfide) groups is 1. The maximum Gasteiger partial charge on any atom is 0.429 e. The number of hydrazine groups is 1. The van der Waals surface area contributed by atoms with Crippen LogP contribution in [0.25, 0.3) is 0 Å². The van der Waals surface area contributed by atoms with Crippen molar-refractivity contribution in [1.29, 1.82) is 0 Å². The number of hydrogen-bond acceptors (Lipinski definition) is 5. The van der Waals surface area contributed by atoms with Gasteiger partial charge in [0.25, 0.3) is 5.91 Å². The average molecular weight is 446 g/mol. The Labute approximate surface area is 184 Å². The number of nitrogens with one attached hydrogen (secondary N) is 1. The molecule has 1 aliphatic heterocycles. The number of benzene rings is 2. The molecule has 1 fully saturated rings. The average Bonchev–Trinajstić information content (AvgIpc) is 3.25. The Morgan fingerprint density at radius 1 is 1.06 bits per heavy atom. The first-order chi connectivity index (χ1) is 14.9. The monoisotopic (exact) mass is 445 g/mol. The van der Waals surface area contributed by atoms with Gasteiger partial charge in [-0.2, -0.15) is 0 Å². The highest BCUT2D eigenvalue weighted by atomic mass is 32.2. The molecule has 164 valence electrons. The number of ether oxygens (including phenoxy) is 1. The second-order valence-corrected chi connectivity index (χ2v) is 8.02. The van der Waals surface area contributed by atoms with Gasteiger partial charge >= 0.3 is 6.09 Å². The summed E-state index contributed by atoms with van der Waals surface area (Å²) in [5, 5.41) is 5.32. The van der Waals surface area contributed by atoms with Gasteiger partial charge in [-0.25, -0.2) is 19.2 Å². The van der Waals surface area contributed by atoms with Crippen LogP contribution in [0.3, 0.4) is 0 Å². The Balaban J connectivity index is 1.44. The summed E-state index contributed by atoms with van der Waals surface area (Å²) < 4.78 is 18.6. The minimum atomic E-state index is -0.570. The maximum absolute atomic E-state index is 13.3. The summed E-state index contributed by atoms with van der Waals surface area (Å²) >= 11 is 1.13. The molecule has 3 amide bonds. The minimum absolute atomic E-state index is 0.0357. The third kappa shape index (κ3) is 6.45. The van der Waals surface area contributed by atoms with Gasteiger partial charge in [-0.1, -0.05) is 36.4 Å². The molecule has 1 N–H and O–H groups in total. The molecular formula is C22H24FN3O4S. The highest BCUT2D eigenvalue weighted by molar-refractivity contribution is 8.00. The summed E-state index contributed by atoms with van der Waals surface area (Å²) in [6.07, 6.45) is 0.0925. The summed E-state index contributed by atoms with van der Waals surface area (Å²) in [7, 11) is 0. The predicted octanol–water partition coefficient (Wildman–Crippen LogP) is 3.59. The maximum atomic E-state index is 13.3. The molecular weight excluding hydrogens is 421 g/mol. The molecule has 1 saturated heterocycles. The van der Waals surface area contributed by atoms with Crippen LogP contribution in [0.4, 0.5) is 14.9 Å². The molecule has 7 nitrogen and oxygen atoms in total. The van der Waals surface area contributed by atoms with Crippen LogP contribution in [0.15, 0.2) is 48.5 Å². The van der Waals surface area contributed by atoms with E-state index in [0.717, 1.165) is 22.9 Å². The van der Waals surface area contributed by atoms with Crippen LogP contribution < -0.4 is 5.32 Å². The molecule has 1 heterocycles. The van der Waals surface area contributed by atoms with Gasteiger partial charge in [0.05, 0.1) is 11.5 Å². The SMILES string of the molecule is Cc1ccc(F)cc1NC(=O)CSCC(=O)N1CCCN1C(=O)OCc1ccccc1. The van der Waals surface area contributed by atoms with E-state index in [2.05, 4.69) is 5.32 Å².